The van der Waals surface area contributed by atoms with Gasteiger partial charge in [-0.25, -0.2) is 0 Å². The van der Waals surface area contributed by atoms with Crippen LogP contribution in [0.1, 0.15) is 43.2 Å². The van der Waals surface area contributed by atoms with Crippen molar-refractivity contribution in [3.63, 3.8) is 0 Å². The summed E-state index contributed by atoms with van der Waals surface area (Å²) in [5.41, 5.74) is 2.57. The Morgan fingerprint density at radius 2 is 2.12 bits per heavy atom. The topological polar surface area (TPSA) is 35.8 Å². The Hall–Kier alpha value is -1.01. The molecule has 0 amide bonds. The number of nitrogens with one attached hydrogen (secondary N) is 1. The van der Waals surface area contributed by atoms with E-state index < -0.39 is 0 Å². The van der Waals surface area contributed by atoms with Crippen LogP contribution in [-0.4, -0.2) is 7.05 Å². The molecular formula is C14H20N2S. The minimum absolute atomic E-state index is 0.369. The highest BCUT2D eigenvalue weighted by molar-refractivity contribution is 7.16. The predicted molar refractivity (Wildman–Crippen MR) is 73.6 cm³/mol. The molecule has 1 aromatic heterocycles. The van der Waals surface area contributed by atoms with Crippen LogP contribution in [0.5, 0.6) is 0 Å². The number of anilines is 1. The lowest BCUT2D eigenvalue weighted by atomic mass is 9.72. The summed E-state index contributed by atoms with van der Waals surface area (Å²) in [5.74, 6) is 0.741. The molecule has 0 radical (unpaired) electrons. The maximum atomic E-state index is 9.24. The third kappa shape index (κ3) is 2.19. The van der Waals surface area contributed by atoms with Gasteiger partial charge in [-0.3, -0.25) is 0 Å². The first-order valence-corrected chi connectivity index (χ1v) is 7.01. The van der Waals surface area contributed by atoms with Gasteiger partial charge >= 0.3 is 0 Å². The second-order valence-corrected chi connectivity index (χ2v) is 6.98. The molecule has 0 unspecified atom stereocenters. The normalized spacial score (nSPS) is 19.6. The smallest absolute Gasteiger partial charge is 0.107 e. The zero-order valence-electron chi connectivity index (χ0n) is 11.1. The predicted octanol–water partition coefficient (Wildman–Crippen LogP) is 3.81. The van der Waals surface area contributed by atoms with Crippen LogP contribution >= 0.6 is 11.3 Å². The molecule has 1 atom stereocenters. The van der Waals surface area contributed by atoms with E-state index in [2.05, 4.69) is 32.2 Å². The van der Waals surface area contributed by atoms with Gasteiger partial charge in [0.05, 0.1) is 5.56 Å². The Labute approximate surface area is 108 Å². The number of fused-ring (bicyclic) bond motifs is 1. The molecule has 1 aromatic rings. The Morgan fingerprint density at radius 1 is 1.41 bits per heavy atom. The first kappa shape index (κ1) is 12.4. The summed E-state index contributed by atoms with van der Waals surface area (Å²) in [6.45, 7) is 6.96. The highest BCUT2D eigenvalue weighted by Crippen LogP contribution is 2.43. The molecule has 0 aliphatic heterocycles. The maximum absolute atomic E-state index is 9.24. The van der Waals surface area contributed by atoms with Gasteiger partial charge in [0.15, 0.2) is 0 Å². The number of hydrogen-bond acceptors (Lipinski definition) is 3. The number of rotatable bonds is 1. The first-order valence-electron chi connectivity index (χ1n) is 6.19. The lowest BCUT2D eigenvalue weighted by Crippen LogP contribution is -2.26. The van der Waals surface area contributed by atoms with Gasteiger partial charge in [-0.15, -0.1) is 11.3 Å². The molecule has 0 saturated carbocycles. The van der Waals surface area contributed by atoms with Crippen LogP contribution < -0.4 is 5.32 Å². The van der Waals surface area contributed by atoms with Crippen molar-refractivity contribution in [1.82, 2.24) is 0 Å². The molecular weight excluding hydrogens is 228 g/mol. The van der Waals surface area contributed by atoms with Crippen molar-refractivity contribution >= 4 is 16.3 Å². The summed E-state index contributed by atoms with van der Waals surface area (Å²) in [6, 6.07) is 2.36. The number of hydrogen-bond donors (Lipinski definition) is 1. The van der Waals surface area contributed by atoms with E-state index in [1.165, 1.54) is 16.9 Å². The van der Waals surface area contributed by atoms with Crippen molar-refractivity contribution in [2.75, 3.05) is 12.4 Å². The highest BCUT2D eigenvalue weighted by atomic mass is 32.1. The second kappa shape index (κ2) is 4.34. The van der Waals surface area contributed by atoms with Crippen molar-refractivity contribution in [3.8, 4) is 6.07 Å². The van der Waals surface area contributed by atoms with E-state index in [0.29, 0.717) is 5.41 Å². The third-order valence-corrected chi connectivity index (χ3v) is 5.10. The summed E-state index contributed by atoms with van der Waals surface area (Å²) in [5, 5.41) is 13.4. The fraction of sp³-hybridized carbons (Fsp3) is 0.643. The summed E-state index contributed by atoms with van der Waals surface area (Å²) < 4.78 is 0. The molecule has 0 spiro atoms. The van der Waals surface area contributed by atoms with Crippen LogP contribution in [0.2, 0.25) is 0 Å². The van der Waals surface area contributed by atoms with Crippen molar-refractivity contribution in [2.45, 2.75) is 40.0 Å². The summed E-state index contributed by atoms with van der Waals surface area (Å²) in [6.07, 6.45) is 3.42. The zero-order chi connectivity index (χ0) is 12.6. The van der Waals surface area contributed by atoms with E-state index >= 15 is 0 Å². The van der Waals surface area contributed by atoms with Crippen molar-refractivity contribution < 1.29 is 0 Å². The van der Waals surface area contributed by atoms with Crippen LogP contribution in [0, 0.1) is 22.7 Å². The number of nitrogens with zero attached hydrogens (tertiary/aromatic N) is 1. The molecule has 1 aliphatic carbocycles. The van der Waals surface area contributed by atoms with E-state index in [4.69, 9.17) is 0 Å². The lowest BCUT2D eigenvalue weighted by molar-refractivity contribution is 0.218. The summed E-state index contributed by atoms with van der Waals surface area (Å²) in [4.78, 5) is 1.43. The van der Waals surface area contributed by atoms with Crippen molar-refractivity contribution in [1.29, 1.82) is 5.26 Å². The Bertz CT molecular complexity index is 460. The zero-order valence-corrected chi connectivity index (χ0v) is 11.9. The fourth-order valence-electron chi connectivity index (χ4n) is 2.62. The molecule has 0 fully saturated rings. The minimum atomic E-state index is 0.369. The maximum Gasteiger partial charge on any atom is 0.107 e. The van der Waals surface area contributed by atoms with Crippen LogP contribution in [0.4, 0.5) is 5.00 Å². The molecule has 17 heavy (non-hydrogen) atoms. The Kier molecular flexibility index (Phi) is 3.18. The molecule has 1 heterocycles. The lowest BCUT2D eigenvalue weighted by Gasteiger charge is -2.33. The highest BCUT2D eigenvalue weighted by Gasteiger charge is 2.31. The summed E-state index contributed by atoms with van der Waals surface area (Å²) >= 11 is 1.77. The van der Waals surface area contributed by atoms with E-state index in [1.54, 1.807) is 11.3 Å². The van der Waals surface area contributed by atoms with Crippen molar-refractivity contribution in [2.24, 2.45) is 11.3 Å². The van der Waals surface area contributed by atoms with Gasteiger partial charge in [-0.05, 0) is 36.2 Å². The first-order chi connectivity index (χ1) is 7.97. The van der Waals surface area contributed by atoms with Gasteiger partial charge in [0.2, 0.25) is 0 Å². The van der Waals surface area contributed by atoms with Gasteiger partial charge in [0, 0.05) is 11.9 Å². The van der Waals surface area contributed by atoms with Gasteiger partial charge in [0.25, 0.3) is 0 Å². The third-order valence-electron chi connectivity index (χ3n) is 3.83. The minimum Gasteiger partial charge on any atom is -0.379 e. The average Bonchev–Trinajstić information content (AvgIpc) is 2.64. The molecule has 92 valence electrons. The fourth-order valence-corrected chi connectivity index (χ4v) is 3.85. The van der Waals surface area contributed by atoms with Crippen molar-refractivity contribution in [3.05, 3.63) is 16.0 Å². The molecule has 1 aliphatic rings. The van der Waals surface area contributed by atoms with Gasteiger partial charge in [-0.1, -0.05) is 20.8 Å². The SMILES string of the molecule is CNc1sc2c(c1C#N)CC[C@@H](C(C)(C)C)C2. The molecule has 3 heteroatoms. The molecule has 1 N–H and O–H groups in total. The average molecular weight is 248 g/mol. The van der Waals surface area contributed by atoms with Gasteiger partial charge < -0.3 is 5.32 Å². The largest absolute Gasteiger partial charge is 0.379 e. The monoisotopic (exact) mass is 248 g/mol. The molecule has 0 bridgehead atoms. The molecule has 0 aromatic carbocycles. The van der Waals surface area contributed by atoms with Crippen LogP contribution in [-0.2, 0) is 12.8 Å². The Balaban J connectivity index is 2.35. The van der Waals surface area contributed by atoms with Gasteiger partial charge in [0.1, 0.15) is 11.1 Å². The molecule has 0 saturated heterocycles. The van der Waals surface area contributed by atoms with E-state index in [9.17, 15) is 5.26 Å². The Morgan fingerprint density at radius 3 is 2.65 bits per heavy atom. The van der Waals surface area contributed by atoms with E-state index in [-0.39, 0.29) is 0 Å². The van der Waals surface area contributed by atoms with E-state index in [0.717, 1.165) is 29.3 Å². The van der Waals surface area contributed by atoms with Crippen LogP contribution in [0.3, 0.4) is 0 Å². The summed E-state index contributed by atoms with van der Waals surface area (Å²) in [7, 11) is 1.90. The number of thiophene rings is 1. The van der Waals surface area contributed by atoms with E-state index in [1.807, 2.05) is 7.05 Å². The number of nitriles is 1. The molecule has 2 nitrogen and oxygen atoms in total. The standard InChI is InChI=1S/C14H20N2S/c1-14(2,3)9-5-6-10-11(8-15)13(16-4)17-12(10)7-9/h9,16H,5-7H2,1-4H3/t9-/m1/s1. The second-order valence-electron chi connectivity index (χ2n) is 5.88. The molecule has 2 rings (SSSR count). The van der Waals surface area contributed by atoms with Crippen LogP contribution in [0.15, 0.2) is 0 Å². The van der Waals surface area contributed by atoms with Crippen LogP contribution in [0.25, 0.3) is 0 Å². The van der Waals surface area contributed by atoms with Gasteiger partial charge in [-0.2, -0.15) is 5.26 Å². The quantitative estimate of drug-likeness (QED) is 0.820.